The van der Waals surface area contributed by atoms with Crippen LogP contribution >= 0.6 is 23.2 Å². The van der Waals surface area contributed by atoms with E-state index in [0.717, 1.165) is 0 Å². The molecule has 0 amide bonds. The van der Waals surface area contributed by atoms with Crippen molar-refractivity contribution in [3.05, 3.63) is 45.0 Å². The lowest BCUT2D eigenvalue weighted by Crippen LogP contribution is -1.90. The summed E-state index contributed by atoms with van der Waals surface area (Å²) >= 11 is 11.1. The molecule has 0 radical (unpaired) electrons. The third kappa shape index (κ3) is 2.72. The first kappa shape index (κ1) is 11.0. The molecule has 0 heterocycles. The molecule has 5 heteroatoms. The van der Waals surface area contributed by atoms with E-state index < -0.39 is 4.92 Å². The van der Waals surface area contributed by atoms with E-state index >= 15 is 0 Å². The van der Waals surface area contributed by atoms with Crippen LogP contribution in [0.5, 0.6) is 0 Å². The molecule has 0 bridgehead atoms. The molecule has 14 heavy (non-hydrogen) atoms. The quantitative estimate of drug-likeness (QED) is 0.454. The molecular weight excluding hydrogens is 225 g/mol. The molecule has 0 aliphatic heterocycles. The van der Waals surface area contributed by atoms with Crippen LogP contribution in [0.2, 0.25) is 5.02 Å². The van der Waals surface area contributed by atoms with Crippen molar-refractivity contribution in [3.63, 3.8) is 0 Å². The zero-order valence-electron chi connectivity index (χ0n) is 7.11. The van der Waals surface area contributed by atoms with Gasteiger partial charge in [-0.15, -0.1) is 11.6 Å². The van der Waals surface area contributed by atoms with Gasteiger partial charge in [0.15, 0.2) is 0 Å². The van der Waals surface area contributed by atoms with Gasteiger partial charge in [-0.25, -0.2) is 0 Å². The van der Waals surface area contributed by atoms with Gasteiger partial charge >= 0.3 is 0 Å². The van der Waals surface area contributed by atoms with Crippen molar-refractivity contribution in [2.24, 2.45) is 0 Å². The number of halogens is 2. The molecule has 1 rings (SSSR count). The van der Waals surface area contributed by atoms with E-state index in [4.69, 9.17) is 23.2 Å². The summed E-state index contributed by atoms with van der Waals surface area (Å²) in [5, 5.41) is 11.1. The summed E-state index contributed by atoms with van der Waals surface area (Å²) in [5.41, 5.74) is 0.485. The molecule has 0 saturated carbocycles. The highest BCUT2D eigenvalue weighted by atomic mass is 35.5. The van der Waals surface area contributed by atoms with Gasteiger partial charge in [0.2, 0.25) is 0 Å². The minimum atomic E-state index is -0.454. The first-order valence-electron chi connectivity index (χ1n) is 3.81. The Balaban J connectivity index is 3.15. The van der Waals surface area contributed by atoms with Crippen molar-refractivity contribution in [1.82, 2.24) is 0 Å². The van der Waals surface area contributed by atoms with E-state index in [-0.39, 0.29) is 5.69 Å². The third-order valence-corrected chi connectivity index (χ3v) is 1.99. The SMILES string of the molecule is O=[N+]([O-])c1ccc(Cl)cc1/C=C/CCl. The van der Waals surface area contributed by atoms with Crippen molar-refractivity contribution in [3.8, 4) is 0 Å². The van der Waals surface area contributed by atoms with Crippen molar-refractivity contribution in [2.75, 3.05) is 5.88 Å². The smallest absolute Gasteiger partial charge is 0.258 e. The van der Waals surface area contributed by atoms with Crippen LogP contribution in [0.25, 0.3) is 6.08 Å². The standard InChI is InChI=1S/C9H7Cl2NO2/c10-5-1-2-7-6-8(11)3-4-9(7)12(13)14/h1-4,6H,5H2/b2-1+. The molecule has 0 aliphatic rings. The molecule has 0 atom stereocenters. The number of alkyl halides is 1. The molecule has 0 spiro atoms. The van der Waals surface area contributed by atoms with Crippen LogP contribution in [-0.4, -0.2) is 10.8 Å². The highest BCUT2D eigenvalue weighted by Gasteiger charge is 2.10. The summed E-state index contributed by atoms with van der Waals surface area (Å²) in [6.07, 6.45) is 3.21. The van der Waals surface area contributed by atoms with E-state index in [9.17, 15) is 10.1 Å². The number of hydrogen-bond donors (Lipinski definition) is 0. The Morgan fingerprint density at radius 2 is 2.21 bits per heavy atom. The van der Waals surface area contributed by atoms with Gasteiger partial charge in [0.25, 0.3) is 5.69 Å². The van der Waals surface area contributed by atoms with Gasteiger partial charge in [0, 0.05) is 17.0 Å². The summed E-state index contributed by atoms with van der Waals surface area (Å²) < 4.78 is 0. The Labute approximate surface area is 91.1 Å². The molecule has 0 aromatic heterocycles. The second-order valence-corrected chi connectivity index (χ2v) is 3.26. The maximum atomic E-state index is 10.6. The molecule has 0 saturated heterocycles. The van der Waals surface area contributed by atoms with Gasteiger partial charge < -0.3 is 0 Å². The van der Waals surface area contributed by atoms with Gasteiger partial charge in [-0.3, -0.25) is 10.1 Å². The highest BCUT2D eigenvalue weighted by molar-refractivity contribution is 6.30. The maximum Gasteiger partial charge on any atom is 0.276 e. The normalized spacial score (nSPS) is 10.7. The van der Waals surface area contributed by atoms with Crippen LogP contribution in [0, 0.1) is 10.1 Å². The number of rotatable bonds is 3. The summed E-state index contributed by atoms with van der Waals surface area (Å²) in [6, 6.07) is 4.39. The first-order chi connectivity index (χ1) is 6.65. The lowest BCUT2D eigenvalue weighted by Gasteiger charge is -1.97. The fourth-order valence-electron chi connectivity index (χ4n) is 0.997. The monoisotopic (exact) mass is 231 g/mol. The van der Waals surface area contributed by atoms with Gasteiger partial charge in [0.1, 0.15) is 0 Å². The second kappa shape index (κ2) is 4.98. The van der Waals surface area contributed by atoms with Crippen LogP contribution in [0.4, 0.5) is 5.69 Å². The number of nitrogens with zero attached hydrogens (tertiary/aromatic N) is 1. The molecule has 1 aromatic carbocycles. The zero-order chi connectivity index (χ0) is 10.6. The first-order valence-corrected chi connectivity index (χ1v) is 4.73. The second-order valence-electron chi connectivity index (χ2n) is 2.52. The minimum absolute atomic E-state index is 0.0239. The van der Waals surface area contributed by atoms with Crippen molar-refractivity contribution in [1.29, 1.82) is 0 Å². The van der Waals surface area contributed by atoms with E-state index in [2.05, 4.69) is 0 Å². The fourth-order valence-corrected chi connectivity index (χ4v) is 1.27. The summed E-state index contributed by atoms with van der Waals surface area (Å²) in [6.45, 7) is 0. The number of hydrogen-bond acceptors (Lipinski definition) is 2. The minimum Gasteiger partial charge on any atom is -0.258 e. The Kier molecular flexibility index (Phi) is 3.92. The van der Waals surface area contributed by atoms with Crippen molar-refractivity contribution >= 4 is 35.0 Å². The van der Waals surface area contributed by atoms with E-state index in [1.165, 1.54) is 18.2 Å². The summed E-state index contributed by atoms with van der Waals surface area (Å²) in [4.78, 5) is 10.1. The van der Waals surface area contributed by atoms with Gasteiger partial charge in [-0.1, -0.05) is 23.8 Å². The molecule has 0 fully saturated rings. The maximum absolute atomic E-state index is 10.6. The molecule has 74 valence electrons. The Morgan fingerprint density at radius 3 is 2.79 bits per heavy atom. The Hall–Kier alpha value is -1.06. The van der Waals surface area contributed by atoms with Crippen molar-refractivity contribution in [2.45, 2.75) is 0 Å². The predicted molar refractivity (Wildman–Crippen MR) is 57.9 cm³/mol. The van der Waals surface area contributed by atoms with E-state index in [1.54, 1.807) is 12.2 Å². The van der Waals surface area contributed by atoms with Crippen molar-refractivity contribution < 1.29 is 4.92 Å². The lowest BCUT2D eigenvalue weighted by molar-refractivity contribution is -0.385. The fraction of sp³-hybridized carbons (Fsp3) is 0.111. The zero-order valence-corrected chi connectivity index (χ0v) is 8.63. The molecule has 0 aliphatic carbocycles. The van der Waals surface area contributed by atoms with Crippen LogP contribution in [0.15, 0.2) is 24.3 Å². The number of nitro benzene ring substituents is 1. The van der Waals surface area contributed by atoms with Crippen LogP contribution in [0.1, 0.15) is 5.56 Å². The average Bonchev–Trinajstić information content (AvgIpc) is 2.14. The predicted octanol–water partition coefficient (Wildman–Crippen LogP) is 3.50. The third-order valence-electron chi connectivity index (χ3n) is 1.57. The molecule has 0 N–H and O–H groups in total. The topological polar surface area (TPSA) is 43.1 Å². The Morgan fingerprint density at radius 1 is 1.50 bits per heavy atom. The molecule has 1 aromatic rings. The number of allylic oxidation sites excluding steroid dienone is 1. The molecular formula is C9H7Cl2NO2. The van der Waals surface area contributed by atoms with Crippen LogP contribution in [-0.2, 0) is 0 Å². The number of nitro groups is 1. The Bertz CT molecular complexity index is 377. The van der Waals surface area contributed by atoms with Crippen LogP contribution < -0.4 is 0 Å². The van der Waals surface area contributed by atoms with E-state index in [1.807, 2.05) is 0 Å². The summed E-state index contributed by atoms with van der Waals surface area (Å²) in [7, 11) is 0. The highest BCUT2D eigenvalue weighted by Crippen LogP contribution is 2.23. The summed E-state index contributed by atoms with van der Waals surface area (Å²) in [5.74, 6) is 0.309. The molecule has 0 unspecified atom stereocenters. The average molecular weight is 232 g/mol. The van der Waals surface area contributed by atoms with Gasteiger partial charge in [0.05, 0.1) is 10.5 Å². The van der Waals surface area contributed by atoms with Crippen LogP contribution in [0.3, 0.4) is 0 Å². The van der Waals surface area contributed by atoms with E-state index in [0.29, 0.717) is 16.5 Å². The van der Waals surface area contributed by atoms with Gasteiger partial charge in [-0.05, 0) is 12.1 Å². The lowest BCUT2D eigenvalue weighted by atomic mass is 10.1. The number of benzene rings is 1. The van der Waals surface area contributed by atoms with Gasteiger partial charge in [-0.2, -0.15) is 0 Å². The largest absolute Gasteiger partial charge is 0.276 e. The molecule has 3 nitrogen and oxygen atoms in total.